The van der Waals surface area contributed by atoms with Gasteiger partial charge in [-0.3, -0.25) is 4.79 Å². The van der Waals surface area contributed by atoms with E-state index >= 15 is 0 Å². The Morgan fingerprint density at radius 2 is 2.00 bits per heavy atom. The maximum absolute atomic E-state index is 11.2. The molecule has 72 valence electrons. The lowest BCUT2D eigenvalue weighted by Gasteiger charge is -2.02. The number of aryl methyl sites for hydroxylation is 1. The van der Waals surface area contributed by atoms with E-state index < -0.39 is 0 Å². The fourth-order valence-corrected chi connectivity index (χ4v) is 1.15. The molecule has 0 aliphatic carbocycles. The van der Waals surface area contributed by atoms with E-state index in [2.05, 4.69) is 5.32 Å². The van der Waals surface area contributed by atoms with Crippen LogP contribution < -0.4 is 5.32 Å². The van der Waals surface area contributed by atoms with Crippen LogP contribution in [0, 0.1) is 6.92 Å². The van der Waals surface area contributed by atoms with Crippen molar-refractivity contribution in [1.29, 1.82) is 0 Å². The van der Waals surface area contributed by atoms with Crippen LogP contribution in [0.3, 0.4) is 0 Å². The predicted molar refractivity (Wildman–Crippen MR) is 55.7 cm³/mol. The number of nitrogens with one attached hydrogen (secondary N) is 1. The maximum Gasteiger partial charge on any atom is 0.224 e. The minimum atomic E-state index is 0. The van der Waals surface area contributed by atoms with E-state index in [4.69, 9.17) is 0 Å². The number of hydrogen-bond acceptors (Lipinski definition) is 1. The van der Waals surface area contributed by atoms with Crippen LogP contribution in [0.25, 0.3) is 0 Å². The third-order valence-electron chi connectivity index (χ3n) is 1.86. The second-order valence-electron chi connectivity index (χ2n) is 3.12. The molecule has 0 heterocycles. The molecule has 0 saturated carbocycles. The standard InChI is InChI=1S/C11H15NO.H2/c1-3-12-11(13)8-10-6-4-9(2)5-7-10;/h4-7H,3,8H2,1-2H3,(H,12,13);1H. The molecule has 0 aliphatic rings. The van der Waals surface area contributed by atoms with E-state index in [-0.39, 0.29) is 7.33 Å². The van der Waals surface area contributed by atoms with E-state index in [1.807, 2.05) is 38.1 Å². The molecule has 0 unspecified atom stereocenters. The number of hydrogen-bond donors (Lipinski definition) is 1. The minimum Gasteiger partial charge on any atom is -0.356 e. The van der Waals surface area contributed by atoms with Crippen LogP contribution in [0.15, 0.2) is 24.3 Å². The van der Waals surface area contributed by atoms with Crippen molar-refractivity contribution in [2.24, 2.45) is 0 Å². The van der Waals surface area contributed by atoms with Crippen molar-refractivity contribution in [2.75, 3.05) is 6.54 Å². The number of likely N-dealkylation sites (N-methyl/N-ethyl adjacent to an activating group) is 1. The molecule has 1 aromatic rings. The molecule has 0 atom stereocenters. The van der Waals surface area contributed by atoms with Gasteiger partial charge in [-0.25, -0.2) is 0 Å². The fraction of sp³-hybridized carbons (Fsp3) is 0.364. The lowest BCUT2D eigenvalue weighted by molar-refractivity contribution is -0.120. The summed E-state index contributed by atoms with van der Waals surface area (Å²) in [6.45, 7) is 4.66. The van der Waals surface area contributed by atoms with E-state index in [9.17, 15) is 4.79 Å². The normalized spacial score (nSPS) is 9.69. The van der Waals surface area contributed by atoms with Gasteiger partial charge in [-0.1, -0.05) is 29.8 Å². The van der Waals surface area contributed by atoms with Crippen LogP contribution in [-0.4, -0.2) is 12.5 Å². The lowest BCUT2D eigenvalue weighted by Crippen LogP contribution is -2.24. The summed E-state index contributed by atoms with van der Waals surface area (Å²) in [6.07, 6.45) is 0.480. The Labute approximate surface area is 80.5 Å². The molecule has 1 aromatic carbocycles. The zero-order valence-corrected chi connectivity index (χ0v) is 8.13. The molecule has 0 spiro atoms. The first kappa shape index (κ1) is 9.78. The van der Waals surface area contributed by atoms with Gasteiger partial charge in [0, 0.05) is 7.97 Å². The van der Waals surface area contributed by atoms with Gasteiger partial charge in [-0.05, 0) is 19.4 Å². The Bertz CT molecular complexity index is 282. The molecular weight excluding hydrogens is 162 g/mol. The Morgan fingerprint density at radius 3 is 2.54 bits per heavy atom. The molecule has 2 heteroatoms. The Hall–Kier alpha value is -1.31. The molecule has 1 N–H and O–H groups in total. The Balaban J connectivity index is 0.00000169. The SMILES string of the molecule is CCNC(=O)Cc1ccc(C)cc1.[HH]. The Morgan fingerprint density at radius 1 is 1.38 bits per heavy atom. The molecule has 1 amide bonds. The highest BCUT2D eigenvalue weighted by Crippen LogP contribution is 2.03. The topological polar surface area (TPSA) is 29.1 Å². The van der Waals surface area contributed by atoms with Crippen LogP contribution >= 0.6 is 0 Å². The summed E-state index contributed by atoms with van der Waals surface area (Å²) in [4.78, 5) is 11.2. The summed E-state index contributed by atoms with van der Waals surface area (Å²) >= 11 is 0. The van der Waals surface area contributed by atoms with Crippen LogP contribution in [0.2, 0.25) is 0 Å². The quantitative estimate of drug-likeness (QED) is 0.754. The van der Waals surface area contributed by atoms with E-state index in [0.29, 0.717) is 13.0 Å². The average molecular weight is 179 g/mol. The van der Waals surface area contributed by atoms with Crippen molar-refractivity contribution in [2.45, 2.75) is 20.3 Å². The highest BCUT2D eigenvalue weighted by atomic mass is 16.1. The first-order valence-electron chi connectivity index (χ1n) is 4.54. The predicted octanol–water partition coefficient (Wildman–Crippen LogP) is 1.92. The maximum atomic E-state index is 11.2. The number of benzene rings is 1. The zero-order chi connectivity index (χ0) is 9.68. The molecule has 13 heavy (non-hydrogen) atoms. The number of rotatable bonds is 3. The number of carbonyl (C=O) groups is 1. The molecule has 1 rings (SSSR count). The van der Waals surface area contributed by atoms with E-state index in [0.717, 1.165) is 5.56 Å². The molecule has 0 aliphatic heterocycles. The highest BCUT2D eigenvalue weighted by molar-refractivity contribution is 5.78. The van der Waals surface area contributed by atoms with Crippen LogP contribution in [0.5, 0.6) is 0 Å². The summed E-state index contributed by atoms with van der Waals surface area (Å²) in [5.41, 5.74) is 2.29. The second kappa shape index (κ2) is 4.65. The molecular formula is C11H17NO. The third kappa shape index (κ3) is 3.28. The van der Waals surface area contributed by atoms with Gasteiger partial charge in [-0.2, -0.15) is 0 Å². The van der Waals surface area contributed by atoms with Crippen molar-refractivity contribution in [3.8, 4) is 0 Å². The summed E-state index contributed by atoms with van der Waals surface area (Å²) in [5, 5.41) is 2.77. The number of amides is 1. The van der Waals surface area contributed by atoms with Crippen LogP contribution in [0.1, 0.15) is 19.5 Å². The summed E-state index contributed by atoms with van der Waals surface area (Å²) in [7, 11) is 0. The first-order valence-corrected chi connectivity index (χ1v) is 4.54. The number of carbonyl (C=O) groups excluding carboxylic acids is 1. The summed E-state index contributed by atoms with van der Waals surface area (Å²) < 4.78 is 0. The van der Waals surface area contributed by atoms with Crippen molar-refractivity contribution >= 4 is 5.91 Å². The molecule has 0 radical (unpaired) electrons. The monoisotopic (exact) mass is 179 g/mol. The lowest BCUT2D eigenvalue weighted by atomic mass is 10.1. The first-order chi connectivity index (χ1) is 6.22. The van der Waals surface area contributed by atoms with Crippen molar-refractivity contribution in [3.05, 3.63) is 35.4 Å². The van der Waals surface area contributed by atoms with Crippen molar-refractivity contribution in [1.82, 2.24) is 5.32 Å². The Kier molecular flexibility index (Phi) is 3.50. The van der Waals surface area contributed by atoms with Gasteiger partial charge < -0.3 is 5.32 Å². The molecule has 0 fully saturated rings. The molecule has 0 saturated heterocycles. The largest absolute Gasteiger partial charge is 0.356 e. The van der Waals surface area contributed by atoms with E-state index in [1.165, 1.54) is 5.56 Å². The van der Waals surface area contributed by atoms with Gasteiger partial charge in [0.15, 0.2) is 0 Å². The van der Waals surface area contributed by atoms with Gasteiger partial charge in [0.05, 0.1) is 6.42 Å². The third-order valence-corrected chi connectivity index (χ3v) is 1.86. The average Bonchev–Trinajstić information content (AvgIpc) is 2.09. The van der Waals surface area contributed by atoms with E-state index in [1.54, 1.807) is 0 Å². The van der Waals surface area contributed by atoms with Gasteiger partial charge in [0.2, 0.25) is 5.91 Å². The van der Waals surface area contributed by atoms with Gasteiger partial charge >= 0.3 is 0 Å². The van der Waals surface area contributed by atoms with Crippen molar-refractivity contribution < 1.29 is 6.22 Å². The van der Waals surface area contributed by atoms with Gasteiger partial charge in [-0.15, -0.1) is 0 Å². The second-order valence-corrected chi connectivity index (χ2v) is 3.12. The molecule has 0 bridgehead atoms. The van der Waals surface area contributed by atoms with Crippen LogP contribution in [0.4, 0.5) is 0 Å². The van der Waals surface area contributed by atoms with Crippen LogP contribution in [-0.2, 0) is 11.2 Å². The zero-order valence-electron chi connectivity index (χ0n) is 8.13. The summed E-state index contributed by atoms with van der Waals surface area (Å²) in [5.74, 6) is 0.0892. The minimum absolute atomic E-state index is 0. The van der Waals surface area contributed by atoms with Gasteiger partial charge in [0.25, 0.3) is 0 Å². The van der Waals surface area contributed by atoms with Crippen molar-refractivity contribution in [3.63, 3.8) is 0 Å². The fourth-order valence-electron chi connectivity index (χ4n) is 1.15. The molecule has 2 nitrogen and oxygen atoms in total. The summed E-state index contributed by atoms with van der Waals surface area (Å²) in [6, 6.07) is 8.03. The highest BCUT2D eigenvalue weighted by Gasteiger charge is 2.00. The smallest absolute Gasteiger partial charge is 0.224 e. The molecule has 0 aromatic heterocycles. The van der Waals surface area contributed by atoms with Gasteiger partial charge in [0.1, 0.15) is 0 Å².